The van der Waals surface area contributed by atoms with Crippen molar-refractivity contribution < 1.29 is 14.4 Å². The summed E-state index contributed by atoms with van der Waals surface area (Å²) in [4.78, 5) is 33.4. The van der Waals surface area contributed by atoms with E-state index in [2.05, 4.69) is 27.5 Å². The van der Waals surface area contributed by atoms with Gasteiger partial charge in [0, 0.05) is 44.5 Å². The Balaban J connectivity index is 1.51. The number of para-hydroxylation sites is 1. The highest BCUT2D eigenvalue weighted by Gasteiger charge is 2.26. The molecule has 1 fully saturated rings. The molecule has 0 bridgehead atoms. The first-order valence-electron chi connectivity index (χ1n) is 10.1. The first-order chi connectivity index (χ1) is 14.4. The summed E-state index contributed by atoms with van der Waals surface area (Å²) in [7, 11) is 0. The van der Waals surface area contributed by atoms with Gasteiger partial charge >= 0.3 is 0 Å². The molecule has 0 spiro atoms. The van der Waals surface area contributed by atoms with Crippen molar-refractivity contribution in [2.45, 2.75) is 26.9 Å². The number of nitrogens with one attached hydrogen (secondary N) is 1. The minimum atomic E-state index is -0.651. The standard InChI is InChI=1S/C23H28N4O3/c1-17(20-9-11-21(12-10-20)24-19(3)28)25-30-18(2)23(29)27-15-13-26(14-16-27)22-7-5-4-6-8-22/h4-12,18H,13-16H2,1-3H3,(H,24,28)/b25-17+. The van der Waals surface area contributed by atoms with Gasteiger partial charge in [0.05, 0.1) is 5.71 Å². The number of benzene rings is 2. The number of hydrogen-bond acceptors (Lipinski definition) is 5. The van der Waals surface area contributed by atoms with Crippen LogP contribution in [0.25, 0.3) is 0 Å². The quantitative estimate of drug-likeness (QED) is 0.589. The molecule has 7 heteroatoms. The number of oxime groups is 1. The van der Waals surface area contributed by atoms with Gasteiger partial charge in [-0.2, -0.15) is 0 Å². The predicted octanol–water partition coefficient (Wildman–Crippen LogP) is 3.12. The average Bonchev–Trinajstić information content (AvgIpc) is 2.77. The van der Waals surface area contributed by atoms with Crippen LogP contribution in [-0.4, -0.2) is 54.7 Å². The molecule has 0 saturated carbocycles. The van der Waals surface area contributed by atoms with Crippen molar-refractivity contribution in [1.29, 1.82) is 0 Å². The highest BCUT2D eigenvalue weighted by atomic mass is 16.6. The van der Waals surface area contributed by atoms with Gasteiger partial charge in [-0.25, -0.2) is 0 Å². The van der Waals surface area contributed by atoms with Crippen LogP contribution in [0.4, 0.5) is 11.4 Å². The van der Waals surface area contributed by atoms with E-state index in [1.807, 2.05) is 42.2 Å². The fourth-order valence-electron chi connectivity index (χ4n) is 3.33. The Morgan fingerprint density at radius 3 is 2.20 bits per heavy atom. The molecule has 0 aliphatic carbocycles. The van der Waals surface area contributed by atoms with Gasteiger partial charge in [0.1, 0.15) is 0 Å². The van der Waals surface area contributed by atoms with Crippen LogP contribution in [0, 0.1) is 0 Å². The Morgan fingerprint density at radius 1 is 0.967 bits per heavy atom. The first kappa shape index (κ1) is 21.4. The van der Waals surface area contributed by atoms with Crippen LogP contribution in [0.1, 0.15) is 26.3 Å². The molecule has 2 amide bonds. The van der Waals surface area contributed by atoms with Gasteiger partial charge in [-0.3, -0.25) is 9.59 Å². The zero-order valence-corrected chi connectivity index (χ0v) is 17.7. The van der Waals surface area contributed by atoms with Crippen LogP contribution in [0.3, 0.4) is 0 Å². The second kappa shape index (κ2) is 9.91. The number of nitrogens with zero attached hydrogens (tertiary/aromatic N) is 3. The van der Waals surface area contributed by atoms with Crippen LogP contribution in [0.15, 0.2) is 59.8 Å². The minimum Gasteiger partial charge on any atom is -0.382 e. The maximum Gasteiger partial charge on any atom is 0.266 e. The van der Waals surface area contributed by atoms with E-state index in [4.69, 9.17) is 4.84 Å². The van der Waals surface area contributed by atoms with E-state index < -0.39 is 6.10 Å². The van der Waals surface area contributed by atoms with Crippen molar-refractivity contribution in [1.82, 2.24) is 4.90 Å². The summed E-state index contributed by atoms with van der Waals surface area (Å²) in [5.74, 6) is -0.173. The molecule has 1 unspecified atom stereocenters. The molecule has 30 heavy (non-hydrogen) atoms. The summed E-state index contributed by atoms with van der Waals surface area (Å²) in [6, 6.07) is 17.5. The Morgan fingerprint density at radius 2 is 1.60 bits per heavy atom. The van der Waals surface area contributed by atoms with Crippen molar-refractivity contribution in [3.63, 3.8) is 0 Å². The number of carbonyl (C=O) groups excluding carboxylic acids is 2. The van der Waals surface area contributed by atoms with Crippen LogP contribution < -0.4 is 10.2 Å². The van der Waals surface area contributed by atoms with Gasteiger partial charge in [-0.05, 0) is 43.7 Å². The Hall–Kier alpha value is -3.35. The molecule has 1 N–H and O–H groups in total. The van der Waals surface area contributed by atoms with Crippen molar-refractivity contribution in [3.05, 3.63) is 60.2 Å². The summed E-state index contributed by atoms with van der Waals surface area (Å²) in [5, 5.41) is 6.86. The zero-order chi connectivity index (χ0) is 21.5. The topological polar surface area (TPSA) is 74.2 Å². The second-order valence-corrected chi connectivity index (χ2v) is 7.33. The van der Waals surface area contributed by atoms with E-state index in [1.54, 1.807) is 19.1 Å². The van der Waals surface area contributed by atoms with E-state index in [-0.39, 0.29) is 11.8 Å². The molecule has 1 aliphatic heterocycles. The molecule has 1 saturated heterocycles. The van der Waals surface area contributed by atoms with E-state index in [0.29, 0.717) is 18.8 Å². The van der Waals surface area contributed by atoms with E-state index in [1.165, 1.54) is 12.6 Å². The van der Waals surface area contributed by atoms with Crippen LogP contribution >= 0.6 is 0 Å². The smallest absolute Gasteiger partial charge is 0.266 e. The Kier molecular flexibility index (Phi) is 7.06. The molecule has 0 aromatic heterocycles. The molecule has 158 valence electrons. The lowest BCUT2D eigenvalue weighted by atomic mass is 10.1. The number of amides is 2. The lowest BCUT2D eigenvalue weighted by Crippen LogP contribution is -2.51. The monoisotopic (exact) mass is 408 g/mol. The third-order valence-corrected chi connectivity index (χ3v) is 5.03. The Bertz CT molecular complexity index is 888. The molecular formula is C23H28N4O3. The van der Waals surface area contributed by atoms with E-state index >= 15 is 0 Å². The van der Waals surface area contributed by atoms with E-state index in [0.717, 1.165) is 24.3 Å². The second-order valence-electron chi connectivity index (χ2n) is 7.33. The molecule has 1 aliphatic rings. The van der Waals surface area contributed by atoms with Gasteiger partial charge < -0.3 is 20.0 Å². The van der Waals surface area contributed by atoms with Gasteiger partial charge in [0.15, 0.2) is 0 Å². The molecule has 3 rings (SSSR count). The third kappa shape index (κ3) is 5.59. The van der Waals surface area contributed by atoms with Gasteiger partial charge in [-0.1, -0.05) is 35.5 Å². The van der Waals surface area contributed by atoms with Crippen LogP contribution in [0.5, 0.6) is 0 Å². The largest absolute Gasteiger partial charge is 0.382 e. The summed E-state index contributed by atoms with van der Waals surface area (Å²) in [6.07, 6.45) is -0.651. The van der Waals surface area contributed by atoms with Gasteiger partial charge in [0.25, 0.3) is 5.91 Å². The molecule has 1 atom stereocenters. The van der Waals surface area contributed by atoms with Crippen molar-refractivity contribution in [3.8, 4) is 0 Å². The predicted molar refractivity (Wildman–Crippen MR) is 119 cm³/mol. The normalized spacial score (nSPS) is 15.5. The Labute approximate surface area is 177 Å². The third-order valence-electron chi connectivity index (χ3n) is 5.03. The van der Waals surface area contributed by atoms with Crippen LogP contribution in [-0.2, 0) is 14.4 Å². The zero-order valence-electron chi connectivity index (χ0n) is 17.7. The number of piperazine rings is 1. The van der Waals surface area contributed by atoms with Crippen molar-refractivity contribution in [2.24, 2.45) is 5.16 Å². The first-order valence-corrected chi connectivity index (χ1v) is 10.1. The summed E-state index contributed by atoms with van der Waals surface area (Å²) in [5.41, 5.74) is 3.43. The molecule has 2 aromatic carbocycles. The lowest BCUT2D eigenvalue weighted by Gasteiger charge is -2.36. The molecular weight excluding hydrogens is 380 g/mol. The van der Waals surface area contributed by atoms with Gasteiger partial charge in [-0.15, -0.1) is 0 Å². The minimum absolute atomic E-state index is 0.0553. The van der Waals surface area contributed by atoms with Crippen molar-refractivity contribution in [2.75, 3.05) is 36.4 Å². The van der Waals surface area contributed by atoms with Crippen molar-refractivity contribution >= 4 is 28.9 Å². The number of hydrogen-bond donors (Lipinski definition) is 1. The fraction of sp³-hybridized carbons (Fsp3) is 0.348. The highest BCUT2D eigenvalue weighted by Crippen LogP contribution is 2.16. The SMILES string of the molecule is CC(=O)Nc1ccc(/C(C)=N/OC(C)C(=O)N2CCN(c3ccccc3)CC2)cc1. The molecule has 1 heterocycles. The maximum absolute atomic E-state index is 12.7. The molecule has 0 radical (unpaired) electrons. The molecule has 2 aromatic rings. The van der Waals surface area contributed by atoms with E-state index in [9.17, 15) is 9.59 Å². The fourth-order valence-corrected chi connectivity index (χ4v) is 3.33. The maximum atomic E-state index is 12.7. The summed E-state index contributed by atoms with van der Waals surface area (Å²) >= 11 is 0. The number of rotatable bonds is 6. The van der Waals surface area contributed by atoms with Gasteiger partial charge in [0.2, 0.25) is 12.0 Å². The highest BCUT2D eigenvalue weighted by molar-refractivity contribution is 5.99. The average molecular weight is 409 g/mol. The summed E-state index contributed by atoms with van der Waals surface area (Å²) < 4.78 is 0. The molecule has 7 nitrogen and oxygen atoms in total. The number of carbonyl (C=O) groups is 2. The lowest BCUT2D eigenvalue weighted by molar-refractivity contribution is -0.142. The van der Waals surface area contributed by atoms with Crippen LogP contribution in [0.2, 0.25) is 0 Å². The number of anilines is 2. The summed E-state index contributed by atoms with van der Waals surface area (Å²) in [6.45, 7) is 7.93.